The molecule has 1 amide bonds. The van der Waals surface area contributed by atoms with Crippen molar-refractivity contribution in [3.05, 3.63) is 46.5 Å². The van der Waals surface area contributed by atoms with Gasteiger partial charge in [-0.05, 0) is 38.0 Å². The van der Waals surface area contributed by atoms with E-state index in [9.17, 15) is 9.18 Å². The summed E-state index contributed by atoms with van der Waals surface area (Å²) in [5, 5.41) is 7.43. The predicted molar refractivity (Wildman–Crippen MR) is 95.2 cm³/mol. The van der Waals surface area contributed by atoms with E-state index < -0.39 is 0 Å². The lowest BCUT2D eigenvalue weighted by atomic mass is 10.0. The Balaban J connectivity index is 2.17. The normalized spacial score (nSPS) is 12.1. The highest BCUT2D eigenvalue weighted by Gasteiger charge is 2.19. The van der Waals surface area contributed by atoms with Gasteiger partial charge in [-0.15, -0.1) is 0 Å². The molecule has 6 heteroatoms. The van der Waals surface area contributed by atoms with Crippen molar-refractivity contribution in [2.45, 2.75) is 46.1 Å². The average Bonchev–Trinajstić information content (AvgIpc) is 2.89. The number of carbonyl (C=O) groups excluding carboxylic acids is 1. The maximum Gasteiger partial charge on any atom is 0.225 e. The summed E-state index contributed by atoms with van der Waals surface area (Å²) in [5.41, 5.74) is 3.63. The van der Waals surface area contributed by atoms with Crippen LogP contribution >= 0.6 is 0 Å². The van der Waals surface area contributed by atoms with Gasteiger partial charge >= 0.3 is 0 Å². The number of methoxy groups -OCH3 is 1. The fraction of sp³-hybridized carbons (Fsp3) is 0.474. The molecule has 0 unspecified atom stereocenters. The molecule has 0 aliphatic heterocycles. The molecule has 0 fully saturated rings. The zero-order valence-electron chi connectivity index (χ0n) is 15.5. The lowest BCUT2D eigenvalue weighted by Crippen LogP contribution is -2.29. The van der Waals surface area contributed by atoms with Gasteiger partial charge in [-0.3, -0.25) is 9.48 Å². The summed E-state index contributed by atoms with van der Waals surface area (Å²) in [5.74, 6) is 0.0842. The quantitative estimate of drug-likeness (QED) is 0.837. The van der Waals surface area contributed by atoms with Crippen LogP contribution in [-0.2, 0) is 31.1 Å². The number of nitrogens with zero attached hydrogens (tertiary/aromatic N) is 2. The number of rotatable bonds is 7. The second-order valence-corrected chi connectivity index (χ2v) is 6.05. The highest BCUT2D eigenvalue weighted by atomic mass is 19.1. The Morgan fingerprint density at radius 2 is 2.08 bits per heavy atom. The van der Waals surface area contributed by atoms with Crippen LogP contribution in [0.3, 0.4) is 0 Å². The average molecular weight is 347 g/mol. The van der Waals surface area contributed by atoms with Crippen LogP contribution in [0.25, 0.3) is 0 Å². The summed E-state index contributed by atoms with van der Waals surface area (Å²) in [4.78, 5) is 12.5. The van der Waals surface area contributed by atoms with Crippen molar-refractivity contribution < 1.29 is 13.9 Å². The van der Waals surface area contributed by atoms with E-state index in [1.54, 1.807) is 6.07 Å². The number of aryl methyl sites for hydroxylation is 2. The number of halogens is 1. The summed E-state index contributed by atoms with van der Waals surface area (Å²) >= 11 is 0. The van der Waals surface area contributed by atoms with Gasteiger partial charge in [-0.25, -0.2) is 4.39 Å². The van der Waals surface area contributed by atoms with Gasteiger partial charge in [0, 0.05) is 23.9 Å². The molecule has 2 aromatic rings. The summed E-state index contributed by atoms with van der Waals surface area (Å²) in [6.07, 6.45) is 1.87. The summed E-state index contributed by atoms with van der Waals surface area (Å²) in [6.45, 7) is 5.90. The van der Waals surface area contributed by atoms with E-state index in [2.05, 4.69) is 17.3 Å². The lowest BCUT2D eigenvalue weighted by molar-refractivity contribution is -0.121. The Morgan fingerprint density at radius 1 is 1.36 bits per heavy atom. The number of hydrogen-bond acceptors (Lipinski definition) is 3. The van der Waals surface area contributed by atoms with Crippen molar-refractivity contribution >= 4 is 5.91 Å². The fourth-order valence-corrected chi connectivity index (χ4v) is 3.17. The largest absolute Gasteiger partial charge is 0.496 e. The fourth-order valence-electron chi connectivity index (χ4n) is 3.17. The first-order valence-electron chi connectivity index (χ1n) is 8.57. The molecule has 1 aromatic carbocycles. The maximum absolute atomic E-state index is 13.5. The van der Waals surface area contributed by atoms with Crippen LogP contribution < -0.4 is 10.1 Å². The molecule has 25 heavy (non-hydrogen) atoms. The monoisotopic (exact) mass is 347 g/mol. The van der Waals surface area contributed by atoms with Gasteiger partial charge in [0.2, 0.25) is 5.91 Å². The van der Waals surface area contributed by atoms with Crippen LogP contribution in [0.4, 0.5) is 4.39 Å². The molecule has 0 spiro atoms. The molecule has 0 bridgehead atoms. The van der Waals surface area contributed by atoms with E-state index >= 15 is 0 Å². The van der Waals surface area contributed by atoms with Gasteiger partial charge < -0.3 is 10.1 Å². The van der Waals surface area contributed by atoms with Crippen LogP contribution in [0.2, 0.25) is 0 Å². The van der Waals surface area contributed by atoms with Gasteiger partial charge in [0.25, 0.3) is 0 Å². The molecule has 1 atom stereocenters. The minimum Gasteiger partial charge on any atom is -0.496 e. The summed E-state index contributed by atoms with van der Waals surface area (Å²) in [6, 6.07) is 3.94. The number of aromatic nitrogens is 2. The van der Waals surface area contributed by atoms with Crippen LogP contribution in [0.15, 0.2) is 18.2 Å². The first-order chi connectivity index (χ1) is 11.9. The molecule has 1 N–H and O–H groups in total. The van der Waals surface area contributed by atoms with Crippen molar-refractivity contribution in [2.24, 2.45) is 7.05 Å². The number of ether oxygens (including phenoxy) is 1. The zero-order valence-corrected chi connectivity index (χ0v) is 15.5. The standard InChI is InChI=1S/C19H26FN3O2/c1-6-16-15(17(7-2)23(4)22-16)11-19(24)21-12(3)14-10-13(20)8-9-18(14)25-5/h8-10,12H,6-7,11H2,1-5H3,(H,21,24)/t12-/m1/s1. The zero-order chi connectivity index (χ0) is 18.6. The third-order valence-corrected chi connectivity index (χ3v) is 4.40. The van der Waals surface area contributed by atoms with Gasteiger partial charge in [0.15, 0.2) is 0 Å². The molecule has 136 valence electrons. The van der Waals surface area contributed by atoms with Crippen LogP contribution in [0.1, 0.15) is 49.3 Å². The second kappa shape index (κ2) is 8.14. The van der Waals surface area contributed by atoms with Crippen molar-refractivity contribution in [1.29, 1.82) is 0 Å². The van der Waals surface area contributed by atoms with E-state index in [1.165, 1.54) is 19.2 Å². The lowest BCUT2D eigenvalue weighted by Gasteiger charge is -2.17. The number of carbonyl (C=O) groups is 1. The van der Waals surface area contributed by atoms with Gasteiger partial charge in [0.05, 0.1) is 25.3 Å². The Bertz CT molecular complexity index is 755. The number of benzene rings is 1. The molecular formula is C19H26FN3O2. The third-order valence-electron chi connectivity index (χ3n) is 4.40. The first kappa shape index (κ1) is 19.0. The van der Waals surface area contributed by atoms with Crippen molar-refractivity contribution in [3.63, 3.8) is 0 Å². The predicted octanol–water partition coefficient (Wildman–Crippen LogP) is 3.11. The summed E-state index contributed by atoms with van der Waals surface area (Å²) < 4.78 is 20.7. The molecule has 5 nitrogen and oxygen atoms in total. The maximum atomic E-state index is 13.5. The smallest absolute Gasteiger partial charge is 0.225 e. The second-order valence-electron chi connectivity index (χ2n) is 6.05. The van der Waals surface area contributed by atoms with Crippen LogP contribution in [0, 0.1) is 5.82 Å². The minimum atomic E-state index is -0.357. The van der Waals surface area contributed by atoms with Crippen molar-refractivity contribution in [3.8, 4) is 5.75 Å². The Morgan fingerprint density at radius 3 is 2.68 bits per heavy atom. The highest BCUT2D eigenvalue weighted by molar-refractivity contribution is 5.79. The van der Waals surface area contributed by atoms with E-state index in [0.717, 1.165) is 29.8 Å². The van der Waals surface area contributed by atoms with Gasteiger partial charge in [-0.1, -0.05) is 13.8 Å². The highest BCUT2D eigenvalue weighted by Crippen LogP contribution is 2.26. The molecule has 1 aromatic heterocycles. The van der Waals surface area contributed by atoms with Crippen molar-refractivity contribution in [1.82, 2.24) is 15.1 Å². The van der Waals surface area contributed by atoms with Gasteiger partial charge in [-0.2, -0.15) is 5.10 Å². The molecule has 2 rings (SSSR count). The Labute approximate surface area is 148 Å². The number of amides is 1. The van der Waals surface area contributed by atoms with E-state index in [0.29, 0.717) is 11.3 Å². The van der Waals surface area contributed by atoms with E-state index in [1.807, 2.05) is 25.6 Å². The molecule has 0 aliphatic rings. The number of nitrogens with one attached hydrogen (secondary N) is 1. The van der Waals surface area contributed by atoms with E-state index in [4.69, 9.17) is 4.74 Å². The summed E-state index contributed by atoms with van der Waals surface area (Å²) in [7, 11) is 3.43. The van der Waals surface area contributed by atoms with Crippen LogP contribution in [0.5, 0.6) is 5.75 Å². The Kier molecular flexibility index (Phi) is 6.17. The molecular weight excluding hydrogens is 321 g/mol. The SMILES string of the molecule is CCc1nn(C)c(CC)c1CC(=O)N[C@H](C)c1cc(F)ccc1OC. The number of hydrogen-bond donors (Lipinski definition) is 1. The van der Waals surface area contributed by atoms with Gasteiger partial charge in [0.1, 0.15) is 11.6 Å². The van der Waals surface area contributed by atoms with Crippen molar-refractivity contribution in [2.75, 3.05) is 7.11 Å². The molecule has 0 radical (unpaired) electrons. The Hall–Kier alpha value is -2.37. The minimum absolute atomic E-state index is 0.115. The molecule has 0 saturated carbocycles. The molecule has 1 heterocycles. The third kappa shape index (κ3) is 4.18. The van der Waals surface area contributed by atoms with Crippen LogP contribution in [-0.4, -0.2) is 22.8 Å². The topological polar surface area (TPSA) is 56.2 Å². The molecule has 0 saturated heterocycles. The molecule has 0 aliphatic carbocycles. The van der Waals surface area contributed by atoms with E-state index in [-0.39, 0.29) is 24.2 Å². The first-order valence-corrected chi connectivity index (χ1v) is 8.57.